The van der Waals surface area contributed by atoms with Gasteiger partial charge in [-0.25, -0.2) is 4.79 Å². The summed E-state index contributed by atoms with van der Waals surface area (Å²) in [6, 6.07) is 3.72. The van der Waals surface area contributed by atoms with Gasteiger partial charge in [-0.3, -0.25) is 14.5 Å². The van der Waals surface area contributed by atoms with E-state index in [1.165, 1.54) is 17.7 Å². The highest BCUT2D eigenvalue weighted by atomic mass is 16.6. The van der Waals surface area contributed by atoms with Crippen molar-refractivity contribution in [2.45, 2.75) is 95.3 Å². The number of ketones is 2. The summed E-state index contributed by atoms with van der Waals surface area (Å²) in [6.45, 7) is 7.92. The van der Waals surface area contributed by atoms with E-state index in [9.17, 15) is 19.5 Å². The predicted molar refractivity (Wildman–Crippen MR) is 140 cm³/mol. The van der Waals surface area contributed by atoms with Crippen molar-refractivity contribution >= 4 is 17.7 Å². The Morgan fingerprint density at radius 1 is 1.24 bits per heavy atom. The first-order valence-corrected chi connectivity index (χ1v) is 14.2. The van der Waals surface area contributed by atoms with E-state index < -0.39 is 28.6 Å². The summed E-state index contributed by atoms with van der Waals surface area (Å²) in [7, 11) is 1.66. The number of likely N-dealkylation sites (tertiary alicyclic amines) is 1. The minimum absolute atomic E-state index is 0.0195. The van der Waals surface area contributed by atoms with Crippen molar-refractivity contribution in [3.8, 4) is 11.5 Å². The van der Waals surface area contributed by atoms with Gasteiger partial charge in [0.25, 0.3) is 0 Å². The van der Waals surface area contributed by atoms with Crippen molar-refractivity contribution in [3.05, 3.63) is 23.3 Å². The molecule has 1 spiro atoms. The number of Topliss-reactive ketones (excluding diaryl/α,β-unsaturated/α-hetero) is 2. The molecule has 0 aromatic heterocycles. The number of ether oxygens (including phenoxy) is 2. The number of piperidine rings is 1. The Hall–Kier alpha value is -2.45. The molecule has 6 rings (SSSR count). The lowest BCUT2D eigenvalue weighted by atomic mass is 9.49. The normalized spacial score (nSPS) is 31.4. The third-order valence-electron chi connectivity index (χ3n) is 9.79. The maximum absolute atomic E-state index is 13.2. The second-order valence-corrected chi connectivity index (χ2v) is 13.3. The van der Waals surface area contributed by atoms with Crippen LogP contribution in [-0.2, 0) is 21.4 Å². The molecule has 1 amide bonds. The zero-order chi connectivity index (χ0) is 27.0. The number of amides is 1. The zero-order valence-corrected chi connectivity index (χ0v) is 23.0. The zero-order valence-electron chi connectivity index (χ0n) is 23.0. The molecule has 3 aliphatic carbocycles. The highest BCUT2D eigenvalue weighted by Gasteiger charge is 2.73. The first-order valence-electron chi connectivity index (χ1n) is 14.2. The average molecular weight is 525 g/mol. The van der Waals surface area contributed by atoms with Gasteiger partial charge in [0.05, 0.1) is 11.0 Å². The molecule has 1 saturated heterocycles. The number of hydrogen-bond acceptors (Lipinski definition) is 7. The summed E-state index contributed by atoms with van der Waals surface area (Å²) in [4.78, 5) is 42.4. The van der Waals surface area contributed by atoms with Crippen LogP contribution >= 0.6 is 0 Å². The monoisotopic (exact) mass is 524 g/mol. The van der Waals surface area contributed by atoms with Gasteiger partial charge in [-0.15, -0.1) is 0 Å². The quantitative estimate of drug-likeness (QED) is 0.582. The second-order valence-electron chi connectivity index (χ2n) is 13.3. The van der Waals surface area contributed by atoms with Gasteiger partial charge in [-0.2, -0.15) is 0 Å². The van der Waals surface area contributed by atoms with Crippen molar-refractivity contribution in [2.75, 3.05) is 26.7 Å². The van der Waals surface area contributed by atoms with Gasteiger partial charge in [0.1, 0.15) is 5.78 Å². The van der Waals surface area contributed by atoms with Crippen LogP contribution in [-0.4, -0.2) is 77.0 Å². The maximum atomic E-state index is 13.2. The second kappa shape index (κ2) is 8.78. The van der Waals surface area contributed by atoms with Gasteiger partial charge in [0.15, 0.2) is 23.4 Å². The van der Waals surface area contributed by atoms with Crippen LogP contribution in [0.5, 0.6) is 11.5 Å². The Kier molecular flexibility index (Phi) is 5.96. The molecule has 2 aliphatic heterocycles. The smallest absolute Gasteiger partial charge is 0.415 e. The molecular weight excluding hydrogens is 484 g/mol. The molecule has 3 fully saturated rings. The Bertz CT molecular complexity index is 1190. The number of rotatable bonds is 7. The number of nitrogens with zero attached hydrogens (tertiary/aromatic N) is 2. The van der Waals surface area contributed by atoms with Crippen LogP contribution in [0.15, 0.2) is 12.1 Å². The molecular formula is C30H40N2O6. The predicted octanol–water partition coefficient (Wildman–Crippen LogP) is 3.65. The summed E-state index contributed by atoms with van der Waals surface area (Å²) in [5.41, 5.74) is -0.273. The maximum Gasteiger partial charge on any atom is 0.415 e. The SMILES string of the molecule is CN(CCCC(=O)C(C)(C)C)C(=O)Oc1ccc2c3c1O[C@H]1C(=O)CC[C@@]4(O)[C@@H](C2)N(CC2CC2)CC[C@]314. The van der Waals surface area contributed by atoms with E-state index in [0.717, 1.165) is 30.1 Å². The number of carbonyl (C=O) groups excluding carboxylic acids is 3. The number of hydrogen-bond donors (Lipinski definition) is 1. The molecule has 38 heavy (non-hydrogen) atoms. The van der Waals surface area contributed by atoms with Gasteiger partial charge in [0.2, 0.25) is 0 Å². The van der Waals surface area contributed by atoms with Crippen molar-refractivity contribution < 1.29 is 29.0 Å². The largest absolute Gasteiger partial charge is 0.477 e. The lowest BCUT2D eigenvalue weighted by Crippen LogP contribution is -2.76. The molecule has 8 heteroatoms. The van der Waals surface area contributed by atoms with E-state index in [1.54, 1.807) is 13.1 Å². The number of carbonyl (C=O) groups is 3. The Morgan fingerprint density at radius 3 is 2.71 bits per heavy atom. The summed E-state index contributed by atoms with van der Waals surface area (Å²) < 4.78 is 12.2. The Balaban J connectivity index is 1.26. The van der Waals surface area contributed by atoms with Crippen molar-refractivity contribution in [1.82, 2.24) is 9.80 Å². The summed E-state index contributed by atoms with van der Waals surface area (Å²) in [5, 5.41) is 12.4. The van der Waals surface area contributed by atoms with Crippen LogP contribution in [0, 0.1) is 11.3 Å². The third-order valence-corrected chi connectivity index (χ3v) is 9.79. The van der Waals surface area contributed by atoms with Gasteiger partial charge >= 0.3 is 6.09 Å². The number of aliphatic hydroxyl groups is 1. The highest BCUT2D eigenvalue weighted by Crippen LogP contribution is 2.65. The van der Waals surface area contributed by atoms with Gasteiger partial charge in [0, 0.05) is 50.0 Å². The van der Waals surface area contributed by atoms with Crippen LogP contribution in [0.2, 0.25) is 0 Å². The molecule has 1 aromatic rings. The fourth-order valence-electron chi connectivity index (χ4n) is 7.45. The van der Waals surface area contributed by atoms with Crippen molar-refractivity contribution in [2.24, 2.45) is 11.3 Å². The van der Waals surface area contributed by atoms with E-state index in [0.29, 0.717) is 56.6 Å². The van der Waals surface area contributed by atoms with Gasteiger partial charge in [-0.1, -0.05) is 26.8 Å². The summed E-state index contributed by atoms with van der Waals surface area (Å²) >= 11 is 0. The first kappa shape index (κ1) is 25.8. The van der Waals surface area contributed by atoms with E-state index in [4.69, 9.17) is 9.47 Å². The summed E-state index contributed by atoms with van der Waals surface area (Å²) in [5.74, 6) is 1.64. The fraction of sp³-hybridized carbons (Fsp3) is 0.700. The van der Waals surface area contributed by atoms with Gasteiger partial charge in [-0.05, 0) is 62.6 Å². The molecule has 2 saturated carbocycles. The lowest BCUT2D eigenvalue weighted by molar-refractivity contribution is -0.188. The third kappa shape index (κ3) is 3.81. The molecule has 4 atom stereocenters. The van der Waals surface area contributed by atoms with Crippen LogP contribution in [0.4, 0.5) is 4.79 Å². The fourth-order valence-corrected chi connectivity index (χ4v) is 7.45. The topological polar surface area (TPSA) is 96.4 Å². The first-order chi connectivity index (χ1) is 18.0. The molecule has 8 nitrogen and oxygen atoms in total. The van der Waals surface area contributed by atoms with Gasteiger partial charge < -0.3 is 19.5 Å². The van der Waals surface area contributed by atoms with Crippen LogP contribution in [0.25, 0.3) is 0 Å². The molecule has 1 aromatic carbocycles. The standard InChI is InChI=1S/C30H40N2O6/c1-28(2,3)23(34)6-5-14-31(4)27(35)37-21-10-9-19-16-22-30(36)12-11-20(33)26-29(30,24(19)25(21)38-26)13-15-32(22)17-18-7-8-18/h9-10,18,22,26,36H,5-8,11-17H2,1-4H3/t22-,26+,29+,30-/m1/s1. The minimum atomic E-state index is -1.05. The molecule has 5 aliphatic rings. The molecule has 0 radical (unpaired) electrons. The number of benzene rings is 1. The van der Waals surface area contributed by atoms with E-state index >= 15 is 0 Å². The van der Waals surface area contributed by atoms with Crippen molar-refractivity contribution in [3.63, 3.8) is 0 Å². The molecule has 1 N–H and O–H groups in total. The summed E-state index contributed by atoms with van der Waals surface area (Å²) in [6.07, 6.45) is 4.29. The van der Waals surface area contributed by atoms with E-state index in [2.05, 4.69) is 4.90 Å². The lowest BCUT2D eigenvalue weighted by Gasteiger charge is -2.62. The molecule has 2 heterocycles. The van der Waals surface area contributed by atoms with Crippen LogP contribution < -0.4 is 9.47 Å². The Labute approximate surface area is 224 Å². The van der Waals surface area contributed by atoms with E-state index in [1.807, 2.05) is 26.8 Å². The highest BCUT2D eigenvalue weighted by molar-refractivity contribution is 5.90. The van der Waals surface area contributed by atoms with Crippen LogP contribution in [0.1, 0.15) is 76.8 Å². The van der Waals surface area contributed by atoms with Crippen molar-refractivity contribution in [1.29, 1.82) is 0 Å². The van der Waals surface area contributed by atoms with E-state index in [-0.39, 0.29) is 17.6 Å². The average Bonchev–Trinajstić information content (AvgIpc) is 3.60. The van der Waals surface area contributed by atoms with Crippen LogP contribution in [0.3, 0.4) is 0 Å². The molecule has 2 bridgehead atoms. The molecule has 0 unspecified atom stereocenters. The molecule has 206 valence electrons. The Morgan fingerprint density at radius 2 is 2.00 bits per heavy atom. The minimum Gasteiger partial charge on any atom is -0.477 e.